The summed E-state index contributed by atoms with van der Waals surface area (Å²) in [6, 6.07) is 1.13. The van der Waals surface area contributed by atoms with Crippen molar-refractivity contribution in [2.75, 3.05) is 30.3 Å². The van der Waals surface area contributed by atoms with Crippen molar-refractivity contribution in [3.05, 3.63) is 23.4 Å². The molecule has 0 amide bonds. The van der Waals surface area contributed by atoms with E-state index in [1.165, 1.54) is 0 Å². The minimum atomic E-state index is -4.42. The Hall–Kier alpha value is -1.15. The molecule has 0 bridgehead atoms. The third kappa shape index (κ3) is 2.54. The lowest BCUT2D eigenvalue weighted by Gasteiger charge is -2.36. The molecule has 3 rings (SSSR count). The lowest BCUT2D eigenvalue weighted by Crippen LogP contribution is -2.53. The summed E-state index contributed by atoms with van der Waals surface area (Å²) >= 11 is 0. The number of aromatic nitrogens is 1. The van der Waals surface area contributed by atoms with Gasteiger partial charge in [-0.15, -0.1) is 0 Å². The topological polar surface area (TPSA) is 45.2 Å². The second kappa shape index (κ2) is 5.00. The quantitative estimate of drug-likeness (QED) is 0.781. The minimum Gasteiger partial charge on any atom is -0.350 e. The average Bonchev–Trinajstić information content (AvgIpc) is 2.52. The van der Waals surface area contributed by atoms with E-state index in [9.17, 15) is 17.4 Å². The standard InChI is InChI=1S/C12H14F3N3OS/c13-12(14,15)9-3-8-6-20(19)7-10-5-16-1-2-18(10)11(8)17-4-9/h3-4,10,16H,1-2,5-7H2/t10-,20?/m1/s1. The van der Waals surface area contributed by atoms with Gasteiger partial charge in [-0.1, -0.05) is 0 Å². The van der Waals surface area contributed by atoms with Crippen molar-refractivity contribution >= 4 is 16.6 Å². The van der Waals surface area contributed by atoms with Crippen LogP contribution in [0, 0.1) is 0 Å². The van der Waals surface area contributed by atoms with Crippen LogP contribution in [0.5, 0.6) is 0 Å². The Morgan fingerprint density at radius 1 is 1.45 bits per heavy atom. The van der Waals surface area contributed by atoms with Gasteiger partial charge >= 0.3 is 6.18 Å². The lowest BCUT2D eigenvalue weighted by molar-refractivity contribution is -0.137. The van der Waals surface area contributed by atoms with Gasteiger partial charge in [0.05, 0.1) is 17.4 Å². The van der Waals surface area contributed by atoms with E-state index in [1.54, 1.807) is 0 Å². The molecule has 1 unspecified atom stereocenters. The van der Waals surface area contributed by atoms with E-state index in [0.29, 0.717) is 30.2 Å². The van der Waals surface area contributed by atoms with Gasteiger partial charge in [0, 0.05) is 47.9 Å². The van der Waals surface area contributed by atoms with Crippen molar-refractivity contribution in [3.8, 4) is 0 Å². The Labute approximate surface area is 116 Å². The predicted octanol–water partition coefficient (Wildman–Crippen LogP) is 1.14. The third-order valence-electron chi connectivity index (χ3n) is 3.59. The number of nitrogens with one attached hydrogen (secondary N) is 1. The van der Waals surface area contributed by atoms with Gasteiger partial charge in [-0.05, 0) is 6.07 Å². The summed E-state index contributed by atoms with van der Waals surface area (Å²) in [5.41, 5.74) is -0.343. The average molecular weight is 305 g/mol. The maximum Gasteiger partial charge on any atom is 0.417 e. The van der Waals surface area contributed by atoms with Crippen LogP contribution >= 0.6 is 0 Å². The summed E-state index contributed by atoms with van der Waals surface area (Å²) in [5, 5.41) is 3.21. The van der Waals surface area contributed by atoms with E-state index in [4.69, 9.17) is 0 Å². The monoisotopic (exact) mass is 305 g/mol. The molecule has 2 atom stereocenters. The second-order valence-electron chi connectivity index (χ2n) is 5.01. The molecule has 3 heterocycles. The highest BCUT2D eigenvalue weighted by Gasteiger charge is 2.35. The second-order valence-corrected chi connectivity index (χ2v) is 6.51. The van der Waals surface area contributed by atoms with Gasteiger partial charge in [0.1, 0.15) is 5.82 Å². The van der Waals surface area contributed by atoms with Crippen LogP contribution in [-0.4, -0.2) is 40.6 Å². The fourth-order valence-electron chi connectivity index (χ4n) is 2.66. The normalized spacial score (nSPS) is 26.6. The number of piperazine rings is 1. The Morgan fingerprint density at radius 3 is 3.00 bits per heavy atom. The van der Waals surface area contributed by atoms with Crippen molar-refractivity contribution in [1.29, 1.82) is 0 Å². The summed E-state index contributed by atoms with van der Waals surface area (Å²) in [6.45, 7) is 2.12. The number of fused-ring (bicyclic) bond motifs is 3. The number of anilines is 1. The molecule has 8 heteroatoms. The molecule has 20 heavy (non-hydrogen) atoms. The van der Waals surface area contributed by atoms with Gasteiger partial charge in [-0.2, -0.15) is 13.2 Å². The molecule has 1 aromatic heterocycles. The summed E-state index contributed by atoms with van der Waals surface area (Å²) < 4.78 is 50.3. The van der Waals surface area contributed by atoms with Crippen molar-refractivity contribution in [3.63, 3.8) is 0 Å². The van der Waals surface area contributed by atoms with Crippen LogP contribution in [0.25, 0.3) is 0 Å². The Balaban J connectivity index is 2.04. The number of hydrogen-bond acceptors (Lipinski definition) is 4. The summed E-state index contributed by atoms with van der Waals surface area (Å²) in [5.74, 6) is 1.15. The highest BCUT2D eigenvalue weighted by molar-refractivity contribution is 7.84. The van der Waals surface area contributed by atoms with Gasteiger partial charge in [-0.3, -0.25) is 4.21 Å². The molecule has 1 fully saturated rings. The van der Waals surface area contributed by atoms with Crippen LogP contribution < -0.4 is 10.2 Å². The fourth-order valence-corrected chi connectivity index (χ4v) is 4.06. The molecule has 2 aliphatic rings. The first-order valence-corrected chi connectivity index (χ1v) is 7.82. The molecule has 110 valence electrons. The Bertz CT molecular complexity index is 549. The molecular weight excluding hydrogens is 291 g/mol. The van der Waals surface area contributed by atoms with E-state index in [1.807, 2.05) is 4.90 Å². The molecular formula is C12H14F3N3OS. The molecule has 0 radical (unpaired) electrons. The van der Waals surface area contributed by atoms with Gasteiger partial charge in [0.25, 0.3) is 0 Å². The zero-order valence-corrected chi connectivity index (χ0v) is 11.4. The third-order valence-corrected chi connectivity index (χ3v) is 4.98. The molecule has 2 aliphatic heterocycles. The zero-order valence-electron chi connectivity index (χ0n) is 10.6. The first kappa shape index (κ1) is 13.8. The number of pyridine rings is 1. The van der Waals surface area contributed by atoms with E-state index >= 15 is 0 Å². The molecule has 1 N–H and O–H groups in total. The highest BCUT2D eigenvalue weighted by Crippen LogP contribution is 2.33. The van der Waals surface area contributed by atoms with E-state index in [2.05, 4.69) is 10.3 Å². The van der Waals surface area contributed by atoms with Crippen LogP contribution in [0.3, 0.4) is 0 Å². The predicted molar refractivity (Wildman–Crippen MR) is 70.0 cm³/mol. The lowest BCUT2D eigenvalue weighted by atomic mass is 10.1. The Kier molecular flexibility index (Phi) is 3.45. The minimum absolute atomic E-state index is 0.0371. The molecule has 0 spiro atoms. The van der Waals surface area contributed by atoms with Crippen LogP contribution in [0.15, 0.2) is 12.3 Å². The van der Waals surface area contributed by atoms with Gasteiger partial charge in [0.15, 0.2) is 0 Å². The largest absolute Gasteiger partial charge is 0.417 e. The SMILES string of the molecule is O=S1Cc2cc(C(F)(F)F)cnc2N2CCNC[C@@H]2C1. The maximum absolute atomic E-state index is 12.8. The zero-order chi connectivity index (χ0) is 14.3. The number of rotatable bonds is 0. The molecule has 1 aromatic rings. The van der Waals surface area contributed by atoms with Gasteiger partial charge in [0.2, 0.25) is 0 Å². The smallest absolute Gasteiger partial charge is 0.350 e. The van der Waals surface area contributed by atoms with Crippen molar-refractivity contribution in [1.82, 2.24) is 10.3 Å². The number of halogens is 3. The van der Waals surface area contributed by atoms with Crippen molar-refractivity contribution in [2.24, 2.45) is 0 Å². The first-order valence-electron chi connectivity index (χ1n) is 6.33. The summed E-state index contributed by atoms with van der Waals surface area (Å²) in [7, 11) is -1.16. The van der Waals surface area contributed by atoms with Crippen molar-refractivity contribution in [2.45, 2.75) is 18.0 Å². The Morgan fingerprint density at radius 2 is 2.25 bits per heavy atom. The molecule has 0 saturated carbocycles. The fraction of sp³-hybridized carbons (Fsp3) is 0.583. The number of nitrogens with zero attached hydrogens (tertiary/aromatic N) is 2. The highest BCUT2D eigenvalue weighted by atomic mass is 32.2. The molecule has 0 aliphatic carbocycles. The summed E-state index contributed by atoms with van der Waals surface area (Å²) in [6.07, 6.45) is -3.55. The molecule has 1 saturated heterocycles. The van der Waals surface area contributed by atoms with Crippen molar-refractivity contribution < 1.29 is 17.4 Å². The van der Waals surface area contributed by atoms with Crippen LogP contribution in [0.2, 0.25) is 0 Å². The van der Waals surface area contributed by atoms with Crippen LogP contribution in [-0.2, 0) is 22.7 Å². The number of hydrogen-bond donors (Lipinski definition) is 1. The van der Waals surface area contributed by atoms with Gasteiger partial charge < -0.3 is 10.2 Å². The van der Waals surface area contributed by atoms with Gasteiger partial charge in [-0.25, -0.2) is 4.98 Å². The molecule has 4 nitrogen and oxygen atoms in total. The van der Waals surface area contributed by atoms with E-state index < -0.39 is 22.5 Å². The first-order chi connectivity index (χ1) is 9.45. The maximum atomic E-state index is 12.8. The number of alkyl halides is 3. The van der Waals surface area contributed by atoms with E-state index in [-0.39, 0.29) is 11.8 Å². The summed E-state index contributed by atoms with van der Waals surface area (Å²) in [4.78, 5) is 5.99. The van der Waals surface area contributed by atoms with Crippen LogP contribution in [0.1, 0.15) is 11.1 Å². The van der Waals surface area contributed by atoms with E-state index in [0.717, 1.165) is 18.8 Å². The molecule has 0 aromatic carbocycles. The van der Waals surface area contributed by atoms with Crippen LogP contribution in [0.4, 0.5) is 19.0 Å².